The Labute approximate surface area is 204 Å². The number of nitrogens with zero attached hydrogens (tertiary/aromatic N) is 2. The van der Waals surface area contributed by atoms with Crippen LogP contribution >= 0.6 is 35.0 Å². The molecule has 2 aromatic carbocycles. The third-order valence-electron chi connectivity index (χ3n) is 5.21. The fourth-order valence-electron chi connectivity index (χ4n) is 3.52. The van der Waals surface area contributed by atoms with Crippen molar-refractivity contribution in [3.8, 4) is 0 Å². The van der Waals surface area contributed by atoms with Gasteiger partial charge in [0.05, 0.1) is 25.1 Å². The molecule has 0 spiro atoms. The van der Waals surface area contributed by atoms with E-state index in [2.05, 4.69) is 4.98 Å². The molecule has 0 aliphatic carbocycles. The van der Waals surface area contributed by atoms with Crippen molar-refractivity contribution >= 4 is 40.8 Å². The molecule has 0 amide bonds. The van der Waals surface area contributed by atoms with Crippen molar-refractivity contribution in [2.45, 2.75) is 36.1 Å². The van der Waals surface area contributed by atoms with Gasteiger partial charge < -0.3 is 15.2 Å². The third-order valence-corrected chi connectivity index (χ3v) is 7.24. The van der Waals surface area contributed by atoms with Gasteiger partial charge in [0, 0.05) is 16.2 Å². The molecule has 1 aliphatic rings. The number of hydrogen-bond donors (Lipinski definition) is 1. The van der Waals surface area contributed by atoms with Gasteiger partial charge in [0.25, 0.3) is 0 Å². The van der Waals surface area contributed by atoms with Crippen LogP contribution in [0.15, 0.2) is 65.6 Å². The molecule has 1 aliphatic heterocycles. The molecule has 4 atom stereocenters. The maximum atomic E-state index is 15.6. The van der Waals surface area contributed by atoms with E-state index in [0.717, 1.165) is 11.1 Å². The summed E-state index contributed by atoms with van der Waals surface area (Å²) in [6.07, 6.45) is -0.776. The molecule has 0 bridgehead atoms. The van der Waals surface area contributed by atoms with Crippen LogP contribution in [0.3, 0.4) is 0 Å². The third kappa shape index (κ3) is 6.07. The van der Waals surface area contributed by atoms with Crippen molar-refractivity contribution in [2.75, 3.05) is 12.3 Å². The maximum Gasteiger partial charge on any atom is 0.350 e. The van der Waals surface area contributed by atoms with Crippen molar-refractivity contribution in [1.29, 1.82) is 0 Å². The molecule has 2 heterocycles. The fraction of sp³-hybridized carbons (Fsp3) is 0.304. The number of alkyl halides is 1. The van der Waals surface area contributed by atoms with Crippen LogP contribution in [-0.4, -0.2) is 33.7 Å². The van der Waals surface area contributed by atoms with E-state index in [1.807, 2.05) is 24.3 Å². The zero-order chi connectivity index (χ0) is 23.4. The lowest BCUT2D eigenvalue weighted by Crippen LogP contribution is -2.35. The van der Waals surface area contributed by atoms with Crippen LogP contribution in [0.2, 0.25) is 10.0 Å². The second-order valence-corrected chi connectivity index (χ2v) is 9.83. The summed E-state index contributed by atoms with van der Waals surface area (Å²) in [4.78, 5) is 16.0. The van der Waals surface area contributed by atoms with Gasteiger partial charge >= 0.3 is 5.69 Å². The number of ether oxygens (including phenoxy) is 2. The number of rotatable bonds is 8. The number of anilines is 1. The Morgan fingerprint density at radius 2 is 1.61 bits per heavy atom. The van der Waals surface area contributed by atoms with Crippen LogP contribution in [0.1, 0.15) is 16.5 Å². The fourth-order valence-corrected chi connectivity index (χ4v) is 5.28. The lowest BCUT2D eigenvalue weighted by molar-refractivity contribution is -0.0262. The Balaban J connectivity index is 1.47. The summed E-state index contributed by atoms with van der Waals surface area (Å²) in [6.45, 7) is 0.799. The zero-order valence-corrected chi connectivity index (χ0v) is 19.8. The molecule has 6 nitrogen and oxygen atoms in total. The molecule has 1 saturated heterocycles. The van der Waals surface area contributed by atoms with E-state index in [0.29, 0.717) is 16.7 Å². The van der Waals surface area contributed by atoms with Gasteiger partial charge in [-0.3, -0.25) is 4.57 Å². The lowest BCUT2D eigenvalue weighted by Gasteiger charge is -2.21. The second-order valence-electron chi connectivity index (χ2n) is 7.60. The Bertz CT molecular complexity index is 1130. The first-order valence-electron chi connectivity index (χ1n) is 10.2. The summed E-state index contributed by atoms with van der Waals surface area (Å²) in [6, 6.07) is 16.0. The molecular weight excluding hydrogens is 488 g/mol. The SMILES string of the molecule is Nc1ccn(C2S[C@H](COCc3ccc(Cl)cc3)[C@@H](OCc3ccc(Cl)cc3)[C@@H]2F)c(=O)n1. The second kappa shape index (κ2) is 10.9. The molecule has 3 aromatic rings. The number of benzene rings is 2. The van der Waals surface area contributed by atoms with Gasteiger partial charge in [0.2, 0.25) is 0 Å². The van der Waals surface area contributed by atoms with E-state index in [1.54, 1.807) is 24.3 Å². The van der Waals surface area contributed by atoms with Crippen LogP contribution in [-0.2, 0) is 22.7 Å². The number of nitrogen functional groups attached to an aromatic ring is 1. The quantitative estimate of drug-likeness (QED) is 0.465. The first-order valence-corrected chi connectivity index (χ1v) is 11.9. The maximum absolute atomic E-state index is 15.6. The Hall–Kier alpha value is -2.10. The minimum absolute atomic E-state index is 0.0908. The Morgan fingerprint density at radius 3 is 2.21 bits per heavy atom. The molecule has 0 radical (unpaired) electrons. The van der Waals surface area contributed by atoms with Crippen molar-refractivity contribution in [3.05, 3.63) is 92.5 Å². The monoisotopic (exact) mass is 509 g/mol. The molecule has 10 heteroatoms. The minimum Gasteiger partial charge on any atom is -0.383 e. The summed E-state index contributed by atoms with van der Waals surface area (Å²) < 4.78 is 28.7. The van der Waals surface area contributed by atoms with E-state index in [1.165, 1.54) is 28.6 Å². The van der Waals surface area contributed by atoms with Crippen LogP contribution in [0.25, 0.3) is 0 Å². The van der Waals surface area contributed by atoms with E-state index >= 15 is 4.39 Å². The largest absolute Gasteiger partial charge is 0.383 e. The molecule has 4 rings (SSSR count). The molecule has 1 fully saturated rings. The van der Waals surface area contributed by atoms with Gasteiger partial charge in [-0.05, 0) is 41.5 Å². The van der Waals surface area contributed by atoms with E-state index in [9.17, 15) is 4.79 Å². The first kappa shape index (κ1) is 24.0. The van der Waals surface area contributed by atoms with Gasteiger partial charge in [-0.15, -0.1) is 11.8 Å². The summed E-state index contributed by atoms with van der Waals surface area (Å²) in [7, 11) is 0. The van der Waals surface area contributed by atoms with Crippen LogP contribution < -0.4 is 11.4 Å². The smallest absolute Gasteiger partial charge is 0.350 e. The highest BCUT2D eigenvalue weighted by atomic mass is 35.5. The molecule has 2 N–H and O–H groups in total. The summed E-state index contributed by atoms with van der Waals surface area (Å²) in [5, 5.41) is 0.118. The summed E-state index contributed by atoms with van der Waals surface area (Å²) >= 11 is 13.2. The standard InChI is InChI=1S/C23H22Cl2FN3O3S/c24-16-5-1-14(2-6-16)11-31-13-18-21(32-12-15-3-7-17(25)8-4-15)20(26)22(33-18)29-10-9-19(27)28-23(29)30/h1-10,18,20-22H,11-13H2,(H2,27,28,30)/t18-,20+,21-,22?/m1/s1. The van der Waals surface area contributed by atoms with Gasteiger partial charge in [-0.25, -0.2) is 9.18 Å². The van der Waals surface area contributed by atoms with E-state index in [-0.39, 0.29) is 24.3 Å². The van der Waals surface area contributed by atoms with E-state index in [4.69, 9.17) is 38.4 Å². The number of aromatic nitrogens is 2. The first-order chi connectivity index (χ1) is 15.9. The zero-order valence-electron chi connectivity index (χ0n) is 17.4. The Kier molecular flexibility index (Phi) is 7.93. The summed E-state index contributed by atoms with van der Waals surface area (Å²) in [5.41, 5.74) is 6.80. The number of thioether (sulfide) groups is 1. The van der Waals surface area contributed by atoms with Crippen molar-refractivity contribution in [1.82, 2.24) is 9.55 Å². The predicted molar refractivity (Wildman–Crippen MR) is 129 cm³/mol. The summed E-state index contributed by atoms with van der Waals surface area (Å²) in [5.74, 6) is 0.0908. The Morgan fingerprint density at radius 1 is 1.00 bits per heavy atom. The van der Waals surface area contributed by atoms with Crippen molar-refractivity contribution < 1.29 is 13.9 Å². The van der Waals surface area contributed by atoms with Crippen molar-refractivity contribution in [2.24, 2.45) is 0 Å². The topological polar surface area (TPSA) is 79.4 Å². The van der Waals surface area contributed by atoms with Crippen LogP contribution in [0, 0.1) is 0 Å². The predicted octanol–water partition coefficient (Wildman–Crippen LogP) is 4.89. The highest BCUT2D eigenvalue weighted by Crippen LogP contribution is 2.45. The van der Waals surface area contributed by atoms with Gasteiger partial charge in [0.1, 0.15) is 17.3 Å². The average molecular weight is 510 g/mol. The van der Waals surface area contributed by atoms with Gasteiger partial charge in [-0.2, -0.15) is 4.98 Å². The van der Waals surface area contributed by atoms with Crippen molar-refractivity contribution in [3.63, 3.8) is 0 Å². The average Bonchev–Trinajstić information content (AvgIpc) is 3.10. The highest BCUT2D eigenvalue weighted by molar-refractivity contribution is 8.00. The molecular formula is C23H22Cl2FN3O3S. The van der Waals surface area contributed by atoms with E-state index < -0.39 is 23.3 Å². The molecule has 33 heavy (non-hydrogen) atoms. The minimum atomic E-state index is -1.45. The molecule has 1 unspecified atom stereocenters. The number of hydrogen-bond acceptors (Lipinski definition) is 6. The molecule has 174 valence electrons. The van der Waals surface area contributed by atoms with Crippen LogP contribution in [0.4, 0.5) is 10.2 Å². The normalized spacial score (nSPS) is 22.5. The molecule has 1 aromatic heterocycles. The number of nitrogens with two attached hydrogens (primary N) is 1. The van der Waals surface area contributed by atoms with Gasteiger partial charge in [-0.1, -0.05) is 47.5 Å². The number of halogens is 3. The lowest BCUT2D eigenvalue weighted by atomic mass is 10.1. The van der Waals surface area contributed by atoms with Gasteiger partial charge in [0.15, 0.2) is 6.17 Å². The van der Waals surface area contributed by atoms with Crippen LogP contribution in [0.5, 0.6) is 0 Å². The molecule has 0 saturated carbocycles. The highest BCUT2D eigenvalue weighted by Gasteiger charge is 2.47.